The molecule has 0 N–H and O–H groups in total. The molecule has 0 aliphatic heterocycles. The Morgan fingerprint density at radius 3 is 2.50 bits per heavy atom. The third kappa shape index (κ3) is 1.39. The Hall–Kier alpha value is -1.05. The fourth-order valence-electron chi connectivity index (χ4n) is 2.48. The summed E-state index contributed by atoms with van der Waals surface area (Å²) < 4.78 is 18.9. The van der Waals surface area contributed by atoms with Gasteiger partial charge in [-0.2, -0.15) is 0 Å². The SMILES string of the molecule is Fc1ccccc1OC1CC2CC2C1. The van der Waals surface area contributed by atoms with Crippen molar-refractivity contribution >= 4 is 0 Å². The van der Waals surface area contributed by atoms with Gasteiger partial charge in [-0.15, -0.1) is 0 Å². The highest BCUT2D eigenvalue weighted by Gasteiger charge is 2.46. The summed E-state index contributed by atoms with van der Waals surface area (Å²) in [6.07, 6.45) is 3.88. The highest BCUT2D eigenvalue weighted by molar-refractivity contribution is 5.24. The maximum absolute atomic E-state index is 13.2. The van der Waals surface area contributed by atoms with Crippen LogP contribution in [0.1, 0.15) is 19.3 Å². The van der Waals surface area contributed by atoms with Crippen LogP contribution >= 0.6 is 0 Å². The van der Waals surface area contributed by atoms with Crippen LogP contribution in [-0.4, -0.2) is 6.10 Å². The average molecular weight is 192 g/mol. The Morgan fingerprint density at radius 2 is 1.79 bits per heavy atom. The average Bonchev–Trinajstić information content (AvgIpc) is 2.79. The van der Waals surface area contributed by atoms with Crippen molar-refractivity contribution in [3.05, 3.63) is 30.1 Å². The van der Waals surface area contributed by atoms with Crippen molar-refractivity contribution in [2.75, 3.05) is 0 Å². The molecule has 0 aromatic heterocycles. The number of para-hydroxylation sites is 1. The summed E-state index contributed by atoms with van der Waals surface area (Å²) in [5.74, 6) is 1.94. The standard InChI is InChI=1S/C12H13FO/c13-11-3-1-2-4-12(11)14-10-6-8-5-9(8)7-10/h1-4,8-10H,5-7H2. The molecule has 0 bridgehead atoms. The number of rotatable bonds is 2. The van der Waals surface area contributed by atoms with Crippen molar-refractivity contribution in [3.63, 3.8) is 0 Å². The van der Waals surface area contributed by atoms with Crippen LogP contribution < -0.4 is 4.74 Å². The first-order valence-electron chi connectivity index (χ1n) is 5.24. The number of ether oxygens (including phenoxy) is 1. The first kappa shape index (κ1) is 8.27. The summed E-state index contributed by atoms with van der Waals surface area (Å²) in [4.78, 5) is 0. The summed E-state index contributed by atoms with van der Waals surface area (Å²) in [6, 6.07) is 6.66. The van der Waals surface area contributed by atoms with Crippen molar-refractivity contribution in [1.82, 2.24) is 0 Å². The lowest BCUT2D eigenvalue weighted by Crippen LogP contribution is -2.14. The minimum atomic E-state index is -0.243. The maximum Gasteiger partial charge on any atom is 0.165 e. The van der Waals surface area contributed by atoms with E-state index in [9.17, 15) is 4.39 Å². The monoisotopic (exact) mass is 192 g/mol. The molecule has 2 saturated carbocycles. The van der Waals surface area contributed by atoms with Crippen LogP contribution in [0.15, 0.2) is 24.3 Å². The Bertz CT molecular complexity index is 340. The molecule has 1 nitrogen and oxygen atoms in total. The van der Waals surface area contributed by atoms with E-state index in [-0.39, 0.29) is 11.9 Å². The number of hydrogen-bond donors (Lipinski definition) is 0. The van der Waals surface area contributed by atoms with Crippen LogP contribution in [0, 0.1) is 17.7 Å². The Balaban J connectivity index is 1.69. The molecule has 1 aromatic carbocycles. The summed E-state index contributed by atoms with van der Waals surface area (Å²) in [6.45, 7) is 0. The number of hydrogen-bond acceptors (Lipinski definition) is 1. The zero-order chi connectivity index (χ0) is 9.54. The van der Waals surface area contributed by atoms with E-state index in [1.54, 1.807) is 12.1 Å². The van der Waals surface area contributed by atoms with E-state index >= 15 is 0 Å². The van der Waals surface area contributed by atoms with Crippen molar-refractivity contribution in [1.29, 1.82) is 0 Å². The maximum atomic E-state index is 13.2. The van der Waals surface area contributed by atoms with E-state index in [0.717, 1.165) is 24.7 Å². The van der Waals surface area contributed by atoms with Crippen LogP contribution in [0.4, 0.5) is 4.39 Å². The van der Waals surface area contributed by atoms with E-state index in [0.29, 0.717) is 5.75 Å². The summed E-state index contributed by atoms with van der Waals surface area (Å²) in [5.41, 5.74) is 0. The second kappa shape index (κ2) is 2.97. The topological polar surface area (TPSA) is 9.23 Å². The quantitative estimate of drug-likeness (QED) is 0.700. The van der Waals surface area contributed by atoms with Crippen molar-refractivity contribution in [2.45, 2.75) is 25.4 Å². The van der Waals surface area contributed by atoms with Gasteiger partial charge in [0.25, 0.3) is 0 Å². The third-order valence-electron chi connectivity index (χ3n) is 3.33. The Morgan fingerprint density at radius 1 is 1.07 bits per heavy atom. The third-order valence-corrected chi connectivity index (χ3v) is 3.33. The predicted molar refractivity (Wildman–Crippen MR) is 51.6 cm³/mol. The second-order valence-corrected chi connectivity index (χ2v) is 4.40. The molecular formula is C12H13FO. The molecule has 0 saturated heterocycles. The molecule has 2 aliphatic carbocycles. The fraction of sp³-hybridized carbons (Fsp3) is 0.500. The number of benzene rings is 1. The molecule has 0 heterocycles. The first-order valence-corrected chi connectivity index (χ1v) is 5.24. The summed E-state index contributed by atoms with van der Waals surface area (Å²) in [7, 11) is 0. The smallest absolute Gasteiger partial charge is 0.165 e. The largest absolute Gasteiger partial charge is 0.487 e. The highest BCUT2D eigenvalue weighted by Crippen LogP contribution is 2.52. The highest BCUT2D eigenvalue weighted by atomic mass is 19.1. The van der Waals surface area contributed by atoms with Gasteiger partial charge in [0, 0.05) is 0 Å². The molecule has 2 fully saturated rings. The molecule has 14 heavy (non-hydrogen) atoms. The molecule has 0 amide bonds. The van der Waals surface area contributed by atoms with Gasteiger partial charge < -0.3 is 4.74 Å². The van der Waals surface area contributed by atoms with Crippen molar-refractivity contribution < 1.29 is 9.13 Å². The lowest BCUT2D eigenvalue weighted by molar-refractivity contribution is 0.186. The molecule has 2 aliphatic rings. The minimum Gasteiger partial charge on any atom is -0.487 e. The molecule has 0 spiro atoms. The molecule has 1 aromatic rings. The number of fused-ring (bicyclic) bond motifs is 1. The zero-order valence-corrected chi connectivity index (χ0v) is 7.95. The molecule has 74 valence electrons. The van der Waals surface area contributed by atoms with Gasteiger partial charge in [-0.1, -0.05) is 12.1 Å². The van der Waals surface area contributed by atoms with Crippen LogP contribution in [0.3, 0.4) is 0 Å². The Kier molecular flexibility index (Phi) is 1.76. The van der Waals surface area contributed by atoms with Gasteiger partial charge in [-0.05, 0) is 43.2 Å². The van der Waals surface area contributed by atoms with Gasteiger partial charge in [0.2, 0.25) is 0 Å². The van der Waals surface area contributed by atoms with Gasteiger partial charge in [0.15, 0.2) is 11.6 Å². The normalized spacial score (nSPS) is 33.9. The van der Waals surface area contributed by atoms with Crippen LogP contribution in [0.5, 0.6) is 5.75 Å². The minimum absolute atomic E-state index is 0.243. The first-order chi connectivity index (χ1) is 6.83. The number of halogens is 1. The fourth-order valence-corrected chi connectivity index (χ4v) is 2.48. The van der Waals surface area contributed by atoms with E-state index < -0.39 is 0 Å². The van der Waals surface area contributed by atoms with E-state index in [2.05, 4.69) is 0 Å². The second-order valence-electron chi connectivity index (χ2n) is 4.40. The lowest BCUT2D eigenvalue weighted by atomic mass is 10.2. The van der Waals surface area contributed by atoms with Gasteiger partial charge in [-0.3, -0.25) is 0 Å². The molecule has 3 rings (SSSR count). The van der Waals surface area contributed by atoms with Gasteiger partial charge >= 0.3 is 0 Å². The van der Waals surface area contributed by atoms with E-state index in [4.69, 9.17) is 4.74 Å². The predicted octanol–water partition coefficient (Wildman–Crippen LogP) is 3.00. The van der Waals surface area contributed by atoms with Crippen LogP contribution in [0.25, 0.3) is 0 Å². The molecule has 0 radical (unpaired) electrons. The molecule has 2 unspecified atom stereocenters. The van der Waals surface area contributed by atoms with Gasteiger partial charge in [0.05, 0.1) is 6.10 Å². The van der Waals surface area contributed by atoms with Crippen LogP contribution in [-0.2, 0) is 0 Å². The molecule has 2 heteroatoms. The van der Waals surface area contributed by atoms with Crippen molar-refractivity contribution in [2.24, 2.45) is 11.8 Å². The molecule has 2 atom stereocenters. The molecular weight excluding hydrogens is 179 g/mol. The van der Waals surface area contributed by atoms with E-state index in [1.165, 1.54) is 12.5 Å². The van der Waals surface area contributed by atoms with Crippen molar-refractivity contribution in [3.8, 4) is 5.75 Å². The van der Waals surface area contributed by atoms with E-state index in [1.807, 2.05) is 6.07 Å². The van der Waals surface area contributed by atoms with Gasteiger partial charge in [-0.25, -0.2) is 4.39 Å². The summed E-state index contributed by atoms with van der Waals surface area (Å²) >= 11 is 0. The van der Waals surface area contributed by atoms with Gasteiger partial charge in [0.1, 0.15) is 0 Å². The van der Waals surface area contributed by atoms with Crippen LogP contribution in [0.2, 0.25) is 0 Å². The lowest BCUT2D eigenvalue weighted by Gasteiger charge is -2.15. The zero-order valence-electron chi connectivity index (χ0n) is 7.95. The Labute approximate surface area is 82.9 Å². The summed E-state index contributed by atoms with van der Waals surface area (Å²) in [5, 5.41) is 0.